The van der Waals surface area contributed by atoms with Gasteiger partial charge in [-0.15, -0.1) is 0 Å². The maximum atomic E-state index is 15.4. The maximum absolute atomic E-state index is 15.4. The number of anilines is 1. The van der Waals surface area contributed by atoms with Crippen molar-refractivity contribution in [3.8, 4) is 11.5 Å². The van der Waals surface area contributed by atoms with Crippen LogP contribution in [0.5, 0.6) is 11.5 Å². The molecule has 0 bridgehead atoms. The van der Waals surface area contributed by atoms with Crippen molar-refractivity contribution in [3.05, 3.63) is 53.1 Å². The number of nitrogens with zero attached hydrogens (tertiary/aromatic N) is 3. The third-order valence-electron chi connectivity index (χ3n) is 7.15. The molecule has 1 saturated heterocycles. The van der Waals surface area contributed by atoms with Crippen molar-refractivity contribution in [1.82, 2.24) is 14.9 Å². The Hall–Kier alpha value is -3.11. The Labute approximate surface area is 221 Å². The standard InChI is InChI=1S/C28H35F3N4O3/c1-16(19-10-7-11-21(25(19)29)28(30,31)27(3,4)36)32-26-20-13-24(38-15-18-9-8-12-35(18)5)23(37-6)14-22(20)33-17(2)34-26/h7,10-11,13-14,16,18,36H,8-9,12,15H2,1-6H3,(H,32,33,34)/t16?,18-/m0/s1. The molecule has 1 aliphatic heterocycles. The molecule has 1 fully saturated rings. The molecule has 2 heterocycles. The summed E-state index contributed by atoms with van der Waals surface area (Å²) in [5, 5.41) is 13.7. The monoisotopic (exact) mass is 532 g/mol. The van der Waals surface area contributed by atoms with E-state index < -0.39 is 28.9 Å². The third-order valence-corrected chi connectivity index (χ3v) is 7.15. The van der Waals surface area contributed by atoms with Gasteiger partial charge in [0.05, 0.1) is 24.2 Å². The molecular weight excluding hydrogens is 497 g/mol. The Balaban J connectivity index is 1.69. The number of nitrogens with one attached hydrogen (secondary N) is 1. The number of likely N-dealkylation sites (tertiary alicyclic amines) is 1. The lowest BCUT2D eigenvalue weighted by molar-refractivity contribution is -0.170. The van der Waals surface area contributed by atoms with Crippen LogP contribution in [0.3, 0.4) is 0 Å². The highest BCUT2D eigenvalue weighted by Gasteiger charge is 2.49. The van der Waals surface area contributed by atoms with Gasteiger partial charge in [0, 0.05) is 23.1 Å². The first kappa shape index (κ1) is 27.9. The SMILES string of the molecule is COc1cc2nc(C)nc(NC(C)c3cccc(C(F)(F)C(C)(C)O)c3F)c2cc1OC[C@@H]1CCCN1C. The molecule has 7 nitrogen and oxygen atoms in total. The second-order valence-electron chi connectivity index (χ2n) is 10.4. The van der Waals surface area contributed by atoms with Crippen molar-refractivity contribution in [1.29, 1.82) is 0 Å². The van der Waals surface area contributed by atoms with Crippen molar-refractivity contribution in [2.75, 3.05) is 32.6 Å². The van der Waals surface area contributed by atoms with Crippen LogP contribution in [0, 0.1) is 12.7 Å². The van der Waals surface area contributed by atoms with E-state index in [1.807, 2.05) is 0 Å². The van der Waals surface area contributed by atoms with E-state index in [1.54, 1.807) is 33.1 Å². The Morgan fingerprint density at radius 2 is 1.95 bits per heavy atom. The molecule has 0 radical (unpaired) electrons. The van der Waals surface area contributed by atoms with Gasteiger partial charge in [-0.2, -0.15) is 8.78 Å². The highest BCUT2D eigenvalue weighted by Crippen LogP contribution is 2.42. The summed E-state index contributed by atoms with van der Waals surface area (Å²) in [4.78, 5) is 11.3. The first-order chi connectivity index (χ1) is 17.8. The minimum absolute atomic E-state index is 0.0186. The Bertz CT molecular complexity index is 1310. The molecule has 0 saturated carbocycles. The van der Waals surface area contributed by atoms with E-state index in [9.17, 15) is 13.9 Å². The zero-order chi connectivity index (χ0) is 27.8. The Morgan fingerprint density at radius 3 is 2.58 bits per heavy atom. The van der Waals surface area contributed by atoms with E-state index in [2.05, 4.69) is 27.2 Å². The molecule has 1 unspecified atom stereocenters. The molecule has 1 aromatic heterocycles. The van der Waals surface area contributed by atoms with Crippen LogP contribution in [0.1, 0.15) is 56.6 Å². The second-order valence-corrected chi connectivity index (χ2v) is 10.4. The number of likely N-dealkylation sites (N-methyl/N-ethyl adjacent to an activating group) is 1. The van der Waals surface area contributed by atoms with Gasteiger partial charge in [0.15, 0.2) is 11.5 Å². The van der Waals surface area contributed by atoms with Crippen LogP contribution >= 0.6 is 0 Å². The van der Waals surface area contributed by atoms with Crippen molar-refractivity contribution < 1.29 is 27.8 Å². The minimum Gasteiger partial charge on any atom is -0.493 e. The Kier molecular flexibility index (Phi) is 7.76. The van der Waals surface area contributed by atoms with Gasteiger partial charge in [0.2, 0.25) is 0 Å². The van der Waals surface area contributed by atoms with Gasteiger partial charge < -0.3 is 24.8 Å². The lowest BCUT2D eigenvalue weighted by atomic mass is 9.91. The van der Waals surface area contributed by atoms with Gasteiger partial charge in [-0.3, -0.25) is 0 Å². The lowest BCUT2D eigenvalue weighted by Gasteiger charge is -2.30. The van der Waals surface area contributed by atoms with Crippen molar-refractivity contribution in [2.45, 2.75) is 64.1 Å². The van der Waals surface area contributed by atoms with Crippen LogP contribution < -0.4 is 14.8 Å². The van der Waals surface area contributed by atoms with Crippen LogP contribution in [-0.2, 0) is 5.92 Å². The van der Waals surface area contributed by atoms with Gasteiger partial charge in [-0.05, 0) is 66.3 Å². The van der Waals surface area contributed by atoms with Crippen molar-refractivity contribution in [2.24, 2.45) is 0 Å². The number of rotatable bonds is 9. The number of ether oxygens (including phenoxy) is 2. The Morgan fingerprint density at radius 1 is 1.21 bits per heavy atom. The zero-order valence-electron chi connectivity index (χ0n) is 22.6. The summed E-state index contributed by atoms with van der Waals surface area (Å²) >= 11 is 0. The fourth-order valence-corrected chi connectivity index (χ4v) is 4.75. The number of alkyl halides is 2. The van der Waals surface area contributed by atoms with Crippen molar-refractivity contribution >= 4 is 16.7 Å². The highest BCUT2D eigenvalue weighted by atomic mass is 19.3. The van der Waals surface area contributed by atoms with E-state index in [4.69, 9.17) is 9.47 Å². The smallest absolute Gasteiger partial charge is 0.303 e. The quantitative estimate of drug-likeness (QED) is 0.372. The zero-order valence-corrected chi connectivity index (χ0v) is 22.6. The number of halogens is 3. The molecular formula is C28H35F3N4O3. The van der Waals surface area contributed by atoms with E-state index >= 15 is 4.39 Å². The summed E-state index contributed by atoms with van der Waals surface area (Å²) in [6, 6.07) is 6.90. The molecule has 2 atom stereocenters. The summed E-state index contributed by atoms with van der Waals surface area (Å²) in [6.45, 7) is 6.82. The fraction of sp³-hybridized carbons (Fsp3) is 0.500. The van der Waals surface area contributed by atoms with E-state index in [0.717, 1.165) is 39.3 Å². The number of benzene rings is 2. The molecule has 4 rings (SSSR count). The third kappa shape index (κ3) is 5.37. The summed E-state index contributed by atoms with van der Waals surface area (Å²) in [6.07, 6.45) is 2.17. The van der Waals surface area contributed by atoms with Gasteiger partial charge in [-0.1, -0.05) is 12.1 Å². The predicted molar refractivity (Wildman–Crippen MR) is 141 cm³/mol. The number of fused-ring (bicyclic) bond motifs is 1. The number of aryl methyl sites for hydroxylation is 1. The molecule has 2 N–H and O–H groups in total. The largest absolute Gasteiger partial charge is 0.493 e. The average Bonchev–Trinajstić information content (AvgIpc) is 3.25. The van der Waals surface area contributed by atoms with Crippen LogP contribution in [0.2, 0.25) is 0 Å². The van der Waals surface area contributed by atoms with Crippen LogP contribution in [0.25, 0.3) is 10.9 Å². The van der Waals surface area contributed by atoms with Crippen LogP contribution in [-0.4, -0.2) is 58.9 Å². The molecule has 2 aromatic carbocycles. The maximum Gasteiger partial charge on any atom is 0.303 e. The predicted octanol–water partition coefficient (Wildman–Crippen LogP) is 5.59. The topological polar surface area (TPSA) is 79.7 Å². The molecule has 0 spiro atoms. The fourth-order valence-electron chi connectivity index (χ4n) is 4.75. The van der Waals surface area contributed by atoms with E-state index in [1.165, 1.54) is 12.1 Å². The molecule has 1 aliphatic rings. The first-order valence-corrected chi connectivity index (χ1v) is 12.7. The minimum atomic E-state index is -3.79. The number of hydrogen-bond donors (Lipinski definition) is 2. The summed E-state index contributed by atoms with van der Waals surface area (Å²) in [5.41, 5.74) is -2.69. The van der Waals surface area contributed by atoms with Gasteiger partial charge in [0.25, 0.3) is 0 Å². The molecule has 0 amide bonds. The molecule has 206 valence electrons. The van der Waals surface area contributed by atoms with Gasteiger partial charge in [0.1, 0.15) is 29.7 Å². The molecule has 0 aliphatic carbocycles. The van der Waals surface area contributed by atoms with Gasteiger partial charge >= 0.3 is 5.92 Å². The molecule has 3 aromatic rings. The van der Waals surface area contributed by atoms with Crippen LogP contribution in [0.15, 0.2) is 30.3 Å². The second kappa shape index (κ2) is 10.6. The first-order valence-electron chi connectivity index (χ1n) is 12.7. The van der Waals surface area contributed by atoms with Crippen LogP contribution in [0.4, 0.5) is 19.0 Å². The number of methoxy groups -OCH3 is 1. The normalized spacial score (nSPS) is 17.6. The lowest BCUT2D eigenvalue weighted by Crippen LogP contribution is -2.41. The summed E-state index contributed by atoms with van der Waals surface area (Å²) in [5.74, 6) is -2.94. The molecule has 10 heteroatoms. The number of aliphatic hydroxyl groups is 1. The molecule has 38 heavy (non-hydrogen) atoms. The van der Waals surface area contributed by atoms with Crippen molar-refractivity contribution in [3.63, 3.8) is 0 Å². The summed E-state index contributed by atoms with van der Waals surface area (Å²) in [7, 11) is 3.63. The number of aromatic nitrogens is 2. The highest BCUT2D eigenvalue weighted by molar-refractivity contribution is 5.92. The average molecular weight is 533 g/mol. The van der Waals surface area contributed by atoms with Gasteiger partial charge in [-0.25, -0.2) is 14.4 Å². The van der Waals surface area contributed by atoms with E-state index in [0.29, 0.717) is 46.7 Å². The summed E-state index contributed by atoms with van der Waals surface area (Å²) < 4.78 is 56.7. The van der Waals surface area contributed by atoms with E-state index in [-0.39, 0.29) is 5.56 Å². The number of hydrogen-bond acceptors (Lipinski definition) is 7.